The van der Waals surface area contributed by atoms with Crippen LogP contribution in [-0.2, 0) is 11.3 Å². The Bertz CT molecular complexity index is 676. The summed E-state index contributed by atoms with van der Waals surface area (Å²) in [6.07, 6.45) is 0. The Morgan fingerprint density at radius 1 is 1.50 bits per heavy atom. The van der Waals surface area contributed by atoms with Gasteiger partial charge in [0.1, 0.15) is 12.4 Å². The van der Waals surface area contributed by atoms with E-state index in [1.165, 1.54) is 0 Å². The van der Waals surface area contributed by atoms with Crippen molar-refractivity contribution in [3.8, 4) is 0 Å². The van der Waals surface area contributed by atoms with Crippen LogP contribution in [0.25, 0.3) is 0 Å². The molecule has 0 aliphatic carbocycles. The lowest BCUT2D eigenvalue weighted by Gasteiger charge is -2.02. The molecule has 0 spiro atoms. The minimum atomic E-state index is -1.15. The van der Waals surface area contributed by atoms with E-state index in [0.717, 1.165) is 34.6 Å². The van der Waals surface area contributed by atoms with E-state index in [9.17, 15) is 19.3 Å². The van der Waals surface area contributed by atoms with Crippen molar-refractivity contribution >= 4 is 23.4 Å². The normalized spacial score (nSPS) is 10.4. The van der Waals surface area contributed by atoms with Gasteiger partial charge in [-0.1, -0.05) is 0 Å². The minimum Gasteiger partial charge on any atom is -0.480 e. The zero-order valence-corrected chi connectivity index (χ0v) is 10.4. The first-order chi connectivity index (χ1) is 9.45. The van der Waals surface area contributed by atoms with Gasteiger partial charge < -0.3 is 5.11 Å². The van der Waals surface area contributed by atoms with Crippen LogP contribution in [0.1, 0.15) is 0 Å². The molecule has 0 aliphatic rings. The third-order valence-corrected chi connectivity index (χ3v) is 3.01. The molecule has 0 bridgehead atoms. The molecule has 0 amide bonds. The molecule has 0 atom stereocenters. The summed E-state index contributed by atoms with van der Waals surface area (Å²) in [4.78, 5) is 20.7. The molecule has 1 aromatic carbocycles. The van der Waals surface area contributed by atoms with Crippen LogP contribution in [-0.4, -0.2) is 36.2 Å². The predicted octanol–water partition coefficient (Wildman–Crippen LogP) is 0.956. The van der Waals surface area contributed by atoms with Gasteiger partial charge >= 0.3 is 5.97 Å². The molecular formula is C9H6FN5O4S. The van der Waals surface area contributed by atoms with Crippen molar-refractivity contribution in [3.63, 3.8) is 0 Å². The standard InChI is InChI=1S/C9H6FN5O4S/c10-5-1-6(15(18)19)3-7(2-5)20-9-11-12-13-14(9)4-8(16)17/h1-3H,4H2,(H,16,17). The summed E-state index contributed by atoms with van der Waals surface area (Å²) in [5, 5.41) is 29.7. The molecule has 0 saturated heterocycles. The SMILES string of the molecule is O=C(O)Cn1nnnc1Sc1cc(F)cc([N+](=O)[O-])c1. The van der Waals surface area contributed by atoms with Crippen LogP contribution in [0.5, 0.6) is 0 Å². The number of hydrogen-bond donors (Lipinski definition) is 1. The summed E-state index contributed by atoms with van der Waals surface area (Å²) in [6.45, 7) is -0.466. The molecule has 104 valence electrons. The maximum Gasteiger partial charge on any atom is 0.325 e. The summed E-state index contributed by atoms with van der Waals surface area (Å²) in [5.74, 6) is -1.93. The molecular weight excluding hydrogens is 293 g/mol. The van der Waals surface area contributed by atoms with Crippen LogP contribution in [0.15, 0.2) is 28.3 Å². The van der Waals surface area contributed by atoms with Crippen molar-refractivity contribution in [1.29, 1.82) is 0 Å². The summed E-state index contributed by atoms with van der Waals surface area (Å²) in [5.41, 5.74) is -0.412. The number of aliphatic carboxylic acids is 1. The molecule has 20 heavy (non-hydrogen) atoms. The molecule has 1 N–H and O–H groups in total. The van der Waals surface area contributed by atoms with Crippen molar-refractivity contribution in [2.75, 3.05) is 0 Å². The lowest BCUT2D eigenvalue weighted by atomic mass is 10.3. The highest BCUT2D eigenvalue weighted by atomic mass is 32.2. The number of tetrazole rings is 1. The largest absolute Gasteiger partial charge is 0.480 e. The van der Waals surface area contributed by atoms with Gasteiger partial charge in [-0.3, -0.25) is 14.9 Å². The molecule has 2 aromatic rings. The van der Waals surface area contributed by atoms with Crippen LogP contribution < -0.4 is 0 Å². The highest BCUT2D eigenvalue weighted by Gasteiger charge is 2.15. The number of nitro benzene ring substituents is 1. The number of aromatic nitrogens is 4. The number of hydrogen-bond acceptors (Lipinski definition) is 7. The Labute approximate surface area is 114 Å². The summed E-state index contributed by atoms with van der Waals surface area (Å²) in [6, 6.07) is 3.00. The van der Waals surface area contributed by atoms with Crippen molar-refractivity contribution in [2.24, 2.45) is 0 Å². The quantitative estimate of drug-likeness (QED) is 0.639. The number of nitro groups is 1. The fraction of sp³-hybridized carbons (Fsp3) is 0.111. The summed E-state index contributed by atoms with van der Waals surface area (Å²) in [7, 11) is 0. The number of halogens is 1. The first-order valence-corrected chi connectivity index (χ1v) is 5.88. The topological polar surface area (TPSA) is 124 Å². The number of carbonyl (C=O) groups is 1. The zero-order valence-electron chi connectivity index (χ0n) is 9.63. The molecule has 0 fully saturated rings. The second-order valence-electron chi connectivity index (χ2n) is 3.52. The van der Waals surface area contributed by atoms with E-state index in [1.54, 1.807) is 0 Å². The van der Waals surface area contributed by atoms with Crippen LogP contribution in [0, 0.1) is 15.9 Å². The zero-order chi connectivity index (χ0) is 14.7. The van der Waals surface area contributed by atoms with Crippen molar-refractivity contribution in [1.82, 2.24) is 20.2 Å². The number of carboxylic acids is 1. The molecule has 0 radical (unpaired) electrons. The second kappa shape index (κ2) is 5.61. The fourth-order valence-corrected chi connectivity index (χ4v) is 2.16. The number of carboxylic acid groups (broad SMARTS) is 1. The number of nitrogens with zero attached hydrogens (tertiary/aromatic N) is 5. The highest BCUT2D eigenvalue weighted by molar-refractivity contribution is 7.99. The van der Waals surface area contributed by atoms with E-state index in [4.69, 9.17) is 5.11 Å². The van der Waals surface area contributed by atoms with Crippen LogP contribution in [0.2, 0.25) is 0 Å². The van der Waals surface area contributed by atoms with Gasteiger partial charge in [0.2, 0.25) is 5.16 Å². The van der Waals surface area contributed by atoms with E-state index in [1.807, 2.05) is 0 Å². The monoisotopic (exact) mass is 299 g/mol. The molecule has 1 aromatic heterocycles. The van der Waals surface area contributed by atoms with Crippen LogP contribution in [0.3, 0.4) is 0 Å². The summed E-state index contributed by atoms with van der Waals surface area (Å²) >= 11 is 0.828. The van der Waals surface area contributed by atoms with E-state index >= 15 is 0 Å². The Morgan fingerprint density at radius 2 is 2.25 bits per heavy atom. The second-order valence-corrected chi connectivity index (χ2v) is 4.56. The predicted molar refractivity (Wildman–Crippen MR) is 62.6 cm³/mol. The maximum atomic E-state index is 13.3. The van der Waals surface area contributed by atoms with Gasteiger partial charge in [-0.2, -0.15) is 0 Å². The average molecular weight is 299 g/mol. The number of benzene rings is 1. The van der Waals surface area contributed by atoms with Gasteiger partial charge in [0.15, 0.2) is 0 Å². The first-order valence-electron chi connectivity index (χ1n) is 5.06. The van der Waals surface area contributed by atoms with E-state index < -0.39 is 28.9 Å². The lowest BCUT2D eigenvalue weighted by Crippen LogP contribution is -2.11. The molecule has 9 nitrogen and oxygen atoms in total. The molecule has 0 unspecified atom stereocenters. The van der Waals surface area contributed by atoms with Gasteiger partial charge in [-0.05, 0) is 28.3 Å². The third-order valence-electron chi connectivity index (χ3n) is 2.06. The summed E-state index contributed by atoms with van der Waals surface area (Å²) < 4.78 is 14.2. The van der Waals surface area contributed by atoms with E-state index in [-0.39, 0.29) is 10.1 Å². The Hall–Kier alpha value is -2.56. The minimum absolute atomic E-state index is 0.0901. The Balaban J connectivity index is 2.28. The number of rotatable bonds is 5. The first kappa shape index (κ1) is 13.9. The van der Waals surface area contributed by atoms with Gasteiger partial charge in [-0.15, -0.1) is 5.10 Å². The highest BCUT2D eigenvalue weighted by Crippen LogP contribution is 2.29. The molecule has 11 heteroatoms. The van der Waals surface area contributed by atoms with Gasteiger partial charge in [0.05, 0.1) is 11.0 Å². The Kier molecular flexibility index (Phi) is 3.89. The lowest BCUT2D eigenvalue weighted by molar-refractivity contribution is -0.385. The van der Waals surface area contributed by atoms with Crippen molar-refractivity contribution in [3.05, 3.63) is 34.1 Å². The van der Waals surface area contributed by atoms with Crippen molar-refractivity contribution < 1.29 is 19.2 Å². The molecule has 0 aliphatic heterocycles. The smallest absolute Gasteiger partial charge is 0.325 e. The third kappa shape index (κ3) is 3.26. The van der Waals surface area contributed by atoms with Crippen molar-refractivity contribution in [2.45, 2.75) is 16.6 Å². The van der Waals surface area contributed by atoms with E-state index in [2.05, 4.69) is 15.5 Å². The van der Waals surface area contributed by atoms with Gasteiger partial charge in [-0.25, -0.2) is 9.07 Å². The molecule has 2 rings (SSSR count). The number of non-ortho nitro benzene ring substituents is 1. The van der Waals surface area contributed by atoms with Gasteiger partial charge in [0, 0.05) is 11.0 Å². The van der Waals surface area contributed by atoms with Crippen LogP contribution >= 0.6 is 11.8 Å². The molecule has 1 heterocycles. The molecule has 0 saturated carbocycles. The Morgan fingerprint density at radius 3 is 2.90 bits per heavy atom. The fourth-order valence-electron chi connectivity index (χ4n) is 1.31. The van der Waals surface area contributed by atoms with Gasteiger partial charge in [0.25, 0.3) is 5.69 Å². The van der Waals surface area contributed by atoms with E-state index in [0.29, 0.717) is 0 Å². The average Bonchev–Trinajstić information content (AvgIpc) is 2.75. The van der Waals surface area contributed by atoms with Crippen LogP contribution in [0.4, 0.5) is 10.1 Å². The maximum absolute atomic E-state index is 13.3.